The van der Waals surface area contributed by atoms with Crippen LogP contribution >= 0.6 is 0 Å². The average molecular weight is 464 g/mol. The van der Waals surface area contributed by atoms with Crippen LogP contribution in [0.1, 0.15) is 17.4 Å². The van der Waals surface area contributed by atoms with Crippen LogP contribution in [0.2, 0.25) is 0 Å². The van der Waals surface area contributed by atoms with E-state index in [2.05, 4.69) is 4.72 Å². The molecule has 168 valence electrons. The van der Waals surface area contributed by atoms with Gasteiger partial charge in [0.05, 0.1) is 16.1 Å². The topological polar surface area (TPSA) is 67.9 Å². The van der Waals surface area contributed by atoms with Crippen molar-refractivity contribution in [2.24, 2.45) is 0 Å². The monoisotopic (exact) mass is 464 g/mol. The minimum Gasteiger partial charge on any atom is -0.447 e. The summed E-state index contributed by atoms with van der Waals surface area (Å²) in [7, 11) is -0.752. The van der Waals surface area contributed by atoms with Crippen molar-refractivity contribution in [1.29, 1.82) is 0 Å². The molecule has 0 aromatic heterocycles. The number of ether oxygens (including phenoxy) is 2. The molecule has 4 rings (SSSR count). The van der Waals surface area contributed by atoms with Gasteiger partial charge >= 0.3 is 6.18 Å². The van der Waals surface area contributed by atoms with E-state index >= 15 is 0 Å². The molecule has 0 bridgehead atoms. The molecular formula is C22H19F3N2O4S. The second kappa shape index (κ2) is 7.94. The number of nitrogens with zero attached hydrogens (tertiary/aromatic N) is 1. The zero-order valence-electron chi connectivity index (χ0n) is 17.1. The molecule has 0 aliphatic carbocycles. The van der Waals surface area contributed by atoms with Crippen LogP contribution in [0.4, 0.5) is 24.5 Å². The highest BCUT2D eigenvalue weighted by Crippen LogP contribution is 2.44. The van der Waals surface area contributed by atoms with Gasteiger partial charge in [0, 0.05) is 31.4 Å². The van der Waals surface area contributed by atoms with Crippen molar-refractivity contribution in [2.45, 2.75) is 17.4 Å². The summed E-state index contributed by atoms with van der Waals surface area (Å²) in [5.74, 6) is 0.624. The summed E-state index contributed by atoms with van der Waals surface area (Å²) >= 11 is 0. The van der Waals surface area contributed by atoms with Gasteiger partial charge in [-0.2, -0.15) is 13.2 Å². The standard InChI is InChI=1S/C22H19F3N2O4S/c1-27(2)18-12-14(8-10-17(18)22(23,24)25)21-30-19-11-9-15(13-20(19)31-21)26-32(28,29)16-6-4-3-5-7-16/h3-13,21,26H,1-2H3. The number of benzene rings is 3. The summed E-state index contributed by atoms with van der Waals surface area (Å²) in [5.41, 5.74) is -0.128. The zero-order valence-corrected chi connectivity index (χ0v) is 17.9. The molecule has 32 heavy (non-hydrogen) atoms. The number of sulfonamides is 1. The lowest BCUT2D eigenvalue weighted by molar-refractivity contribution is -0.137. The normalized spacial score (nSPS) is 15.5. The van der Waals surface area contributed by atoms with Gasteiger partial charge in [-0.15, -0.1) is 0 Å². The summed E-state index contributed by atoms with van der Waals surface area (Å²) in [4.78, 5) is 1.47. The van der Waals surface area contributed by atoms with Crippen LogP contribution in [0.3, 0.4) is 0 Å². The van der Waals surface area contributed by atoms with E-state index in [9.17, 15) is 21.6 Å². The molecule has 0 saturated carbocycles. The number of halogens is 3. The van der Waals surface area contributed by atoms with Crippen LogP contribution < -0.4 is 19.1 Å². The Morgan fingerprint density at radius 2 is 1.59 bits per heavy atom. The van der Waals surface area contributed by atoms with Gasteiger partial charge < -0.3 is 14.4 Å². The Kier molecular flexibility index (Phi) is 5.41. The number of rotatable bonds is 5. The first-order valence-corrected chi connectivity index (χ1v) is 11.0. The highest BCUT2D eigenvalue weighted by Gasteiger charge is 2.35. The largest absolute Gasteiger partial charge is 0.447 e. The van der Waals surface area contributed by atoms with E-state index < -0.39 is 28.1 Å². The molecule has 0 saturated heterocycles. The summed E-state index contributed by atoms with van der Waals surface area (Å²) in [6, 6.07) is 16.0. The summed E-state index contributed by atoms with van der Waals surface area (Å²) in [5, 5.41) is 0. The first kappa shape index (κ1) is 21.8. The molecular weight excluding hydrogens is 445 g/mol. The van der Waals surface area contributed by atoms with Crippen LogP contribution in [0.5, 0.6) is 11.5 Å². The fourth-order valence-corrected chi connectivity index (χ4v) is 4.34. The van der Waals surface area contributed by atoms with Crippen molar-refractivity contribution in [3.63, 3.8) is 0 Å². The molecule has 3 aromatic carbocycles. The second-order valence-corrected chi connectivity index (χ2v) is 9.00. The molecule has 1 N–H and O–H groups in total. The number of hydrogen-bond donors (Lipinski definition) is 1. The minimum absolute atomic E-state index is 0.0190. The number of fused-ring (bicyclic) bond motifs is 1. The second-order valence-electron chi connectivity index (χ2n) is 7.32. The molecule has 1 aliphatic heterocycles. The highest BCUT2D eigenvalue weighted by molar-refractivity contribution is 7.92. The molecule has 1 unspecified atom stereocenters. The molecule has 3 aromatic rings. The van der Waals surface area contributed by atoms with Gasteiger partial charge in [-0.25, -0.2) is 8.42 Å². The van der Waals surface area contributed by atoms with E-state index in [0.717, 1.165) is 6.07 Å². The molecule has 1 heterocycles. The average Bonchev–Trinajstić information content (AvgIpc) is 3.16. The third-order valence-electron chi connectivity index (χ3n) is 4.80. The van der Waals surface area contributed by atoms with E-state index in [1.54, 1.807) is 18.2 Å². The summed E-state index contributed by atoms with van der Waals surface area (Å²) in [6.07, 6.45) is -5.46. The van der Waals surface area contributed by atoms with E-state index in [4.69, 9.17) is 9.47 Å². The number of hydrogen-bond acceptors (Lipinski definition) is 5. The molecule has 0 fully saturated rings. The smallest absolute Gasteiger partial charge is 0.418 e. The molecule has 6 nitrogen and oxygen atoms in total. The van der Waals surface area contributed by atoms with Crippen molar-refractivity contribution in [3.05, 3.63) is 77.9 Å². The first-order valence-electron chi connectivity index (χ1n) is 9.48. The zero-order chi connectivity index (χ0) is 23.1. The number of alkyl halides is 3. The van der Waals surface area contributed by atoms with Crippen LogP contribution in [0.15, 0.2) is 71.6 Å². The fraction of sp³-hybridized carbons (Fsp3) is 0.182. The fourth-order valence-electron chi connectivity index (χ4n) is 3.27. The lowest BCUT2D eigenvalue weighted by atomic mass is 10.1. The summed E-state index contributed by atoms with van der Waals surface area (Å²) < 4.78 is 78.9. The van der Waals surface area contributed by atoms with Gasteiger partial charge in [0.1, 0.15) is 0 Å². The maximum Gasteiger partial charge on any atom is 0.418 e. The van der Waals surface area contributed by atoms with Crippen molar-refractivity contribution in [2.75, 3.05) is 23.7 Å². The van der Waals surface area contributed by atoms with Gasteiger partial charge in [0.25, 0.3) is 16.3 Å². The van der Waals surface area contributed by atoms with Gasteiger partial charge in [0.15, 0.2) is 11.5 Å². The van der Waals surface area contributed by atoms with Gasteiger partial charge in [-0.05, 0) is 36.4 Å². The lowest BCUT2D eigenvalue weighted by Crippen LogP contribution is -2.18. The Bertz CT molecular complexity index is 1250. The SMILES string of the molecule is CN(C)c1cc(C2Oc3ccc(NS(=O)(=O)c4ccccc4)cc3O2)ccc1C(F)(F)F. The van der Waals surface area contributed by atoms with Crippen molar-refractivity contribution in [1.82, 2.24) is 0 Å². The Balaban J connectivity index is 1.57. The van der Waals surface area contributed by atoms with Crippen LogP contribution in [-0.2, 0) is 16.2 Å². The first-order chi connectivity index (χ1) is 15.0. The quantitative estimate of drug-likeness (QED) is 0.573. The third-order valence-corrected chi connectivity index (χ3v) is 6.20. The number of anilines is 2. The van der Waals surface area contributed by atoms with Gasteiger partial charge in [-0.3, -0.25) is 4.72 Å². The minimum atomic E-state index is -4.50. The molecule has 0 spiro atoms. The van der Waals surface area contributed by atoms with Crippen LogP contribution in [0.25, 0.3) is 0 Å². The Morgan fingerprint density at radius 1 is 0.906 bits per heavy atom. The van der Waals surface area contributed by atoms with Crippen molar-refractivity contribution in [3.8, 4) is 11.5 Å². The maximum atomic E-state index is 13.3. The van der Waals surface area contributed by atoms with E-state index in [-0.39, 0.29) is 22.0 Å². The molecule has 1 atom stereocenters. The van der Waals surface area contributed by atoms with E-state index in [1.807, 2.05) is 0 Å². The van der Waals surface area contributed by atoms with Crippen molar-refractivity contribution < 1.29 is 31.1 Å². The predicted molar refractivity (Wildman–Crippen MR) is 113 cm³/mol. The van der Waals surface area contributed by atoms with Gasteiger partial charge in [0.2, 0.25) is 0 Å². The van der Waals surface area contributed by atoms with E-state index in [0.29, 0.717) is 11.3 Å². The molecule has 0 radical (unpaired) electrons. The summed E-state index contributed by atoms with van der Waals surface area (Å²) in [6.45, 7) is 0. The highest BCUT2D eigenvalue weighted by atomic mass is 32.2. The van der Waals surface area contributed by atoms with Gasteiger partial charge in [-0.1, -0.05) is 24.3 Å². The maximum absolute atomic E-state index is 13.3. The number of nitrogens with one attached hydrogen (secondary N) is 1. The Hall–Kier alpha value is -3.40. The molecule has 10 heteroatoms. The Labute approximate surface area is 183 Å². The molecule has 0 amide bonds. The van der Waals surface area contributed by atoms with Crippen LogP contribution in [0, 0.1) is 0 Å². The van der Waals surface area contributed by atoms with E-state index in [1.165, 1.54) is 61.5 Å². The van der Waals surface area contributed by atoms with Crippen LogP contribution in [-0.4, -0.2) is 22.5 Å². The lowest BCUT2D eigenvalue weighted by Gasteiger charge is -2.21. The predicted octanol–water partition coefficient (Wildman–Crippen LogP) is 5.04. The Morgan fingerprint density at radius 3 is 2.25 bits per heavy atom. The molecule has 1 aliphatic rings. The third kappa shape index (κ3) is 4.31. The van der Waals surface area contributed by atoms with Crippen molar-refractivity contribution >= 4 is 21.4 Å².